The minimum Gasteiger partial charge on any atom is -0.313 e. The molecule has 0 saturated carbocycles. The quantitative estimate of drug-likeness (QED) is 0.235. The summed E-state index contributed by atoms with van der Waals surface area (Å²) < 4.78 is 0. The van der Waals surface area contributed by atoms with Gasteiger partial charge in [-0.3, -0.25) is 0 Å². The van der Waals surface area contributed by atoms with E-state index in [9.17, 15) is 4.79 Å². The second kappa shape index (κ2) is 9.71. The Morgan fingerprint density at radius 3 is 1.87 bits per heavy atom. The van der Waals surface area contributed by atoms with Crippen molar-refractivity contribution in [1.82, 2.24) is 0 Å². The van der Waals surface area contributed by atoms with Crippen LogP contribution in [0.2, 0.25) is 0 Å². The molecule has 2 rings (SSSR count). The fourth-order valence-electron chi connectivity index (χ4n) is 2.74. The summed E-state index contributed by atoms with van der Waals surface area (Å²) in [5, 5.41) is 3.92. The molecule has 2 aromatic rings. The molecule has 0 aliphatic rings. The molecule has 0 aliphatic heterocycles. The van der Waals surface area contributed by atoms with Crippen LogP contribution in [0.1, 0.15) is 70.7 Å². The minimum atomic E-state index is -0.503. The largest absolute Gasteiger partial charge is 0.358 e. The van der Waals surface area contributed by atoms with Gasteiger partial charge >= 0.3 is 5.97 Å². The highest BCUT2D eigenvalue weighted by Gasteiger charge is 2.19. The molecule has 0 N–H and O–H groups in total. The molecule has 30 heavy (non-hydrogen) atoms. The van der Waals surface area contributed by atoms with Crippen LogP contribution in [0, 0.1) is 0 Å². The first-order chi connectivity index (χ1) is 13.9. The maximum absolute atomic E-state index is 11.9. The average molecular weight is 404 g/mol. The predicted molar refractivity (Wildman–Crippen MR) is 128 cm³/mol. The van der Waals surface area contributed by atoms with Gasteiger partial charge in [-0.2, -0.15) is 0 Å². The van der Waals surface area contributed by atoms with E-state index in [0.29, 0.717) is 5.71 Å². The molecule has 158 valence electrons. The second-order valence-corrected chi connectivity index (χ2v) is 9.56. The van der Waals surface area contributed by atoms with Crippen molar-refractivity contribution in [3.63, 3.8) is 0 Å². The Kier molecular flexibility index (Phi) is 7.55. The number of hydrogen-bond donors (Lipinski definition) is 0. The first-order valence-corrected chi connectivity index (χ1v) is 10.3. The molecule has 3 heteroatoms. The summed E-state index contributed by atoms with van der Waals surface area (Å²) in [7, 11) is 0. The van der Waals surface area contributed by atoms with Crippen LogP contribution in [-0.2, 0) is 20.5 Å². The van der Waals surface area contributed by atoms with Gasteiger partial charge in [0.2, 0.25) is 0 Å². The highest BCUT2D eigenvalue weighted by Crippen LogP contribution is 2.30. The molecule has 0 heterocycles. The topological polar surface area (TPSA) is 38.7 Å². The van der Waals surface area contributed by atoms with E-state index in [0.717, 1.165) is 11.1 Å². The van der Waals surface area contributed by atoms with Crippen molar-refractivity contribution >= 4 is 23.8 Å². The summed E-state index contributed by atoms with van der Waals surface area (Å²) in [4.78, 5) is 16.8. The number of carbonyl (C=O) groups is 1. The van der Waals surface area contributed by atoms with Crippen molar-refractivity contribution in [1.29, 1.82) is 0 Å². The Morgan fingerprint density at radius 2 is 1.33 bits per heavy atom. The van der Waals surface area contributed by atoms with Gasteiger partial charge in [-0.15, -0.1) is 0 Å². The standard InChI is InChI=1S/C27H33NO2/c1-20(28-30-25(29)16-15-21-11-9-8-10-12-21)13-14-22-17-23(26(2,3)4)19-24(18-22)27(5,6)7/h8-19H,1-7H3/b14-13+,16-15+,28-20+. The lowest BCUT2D eigenvalue weighted by Crippen LogP contribution is -2.16. The molecule has 0 saturated heterocycles. The first-order valence-electron chi connectivity index (χ1n) is 10.3. The Labute approximate surface area is 181 Å². The van der Waals surface area contributed by atoms with E-state index in [1.807, 2.05) is 49.4 Å². The van der Waals surface area contributed by atoms with Crippen LogP contribution in [0.4, 0.5) is 0 Å². The lowest BCUT2D eigenvalue weighted by Gasteiger charge is -2.25. The molecule has 0 amide bonds. The van der Waals surface area contributed by atoms with E-state index in [-0.39, 0.29) is 10.8 Å². The number of carbonyl (C=O) groups excluding carboxylic acids is 1. The van der Waals surface area contributed by atoms with Crippen LogP contribution in [-0.4, -0.2) is 11.7 Å². The normalized spacial score (nSPS) is 13.2. The van der Waals surface area contributed by atoms with Crippen molar-refractivity contribution in [2.75, 3.05) is 0 Å². The average Bonchev–Trinajstić information content (AvgIpc) is 2.68. The third kappa shape index (κ3) is 7.47. The summed E-state index contributed by atoms with van der Waals surface area (Å²) in [6, 6.07) is 16.3. The highest BCUT2D eigenvalue weighted by molar-refractivity contribution is 5.97. The Balaban J connectivity index is 2.12. The summed E-state index contributed by atoms with van der Waals surface area (Å²) in [5.74, 6) is -0.503. The number of rotatable bonds is 5. The van der Waals surface area contributed by atoms with Gasteiger partial charge in [-0.1, -0.05) is 101 Å². The molecule has 0 fully saturated rings. The second-order valence-electron chi connectivity index (χ2n) is 9.56. The number of allylic oxidation sites excluding steroid dienone is 1. The number of oxime groups is 1. The summed E-state index contributed by atoms with van der Waals surface area (Å²) in [6.45, 7) is 15.1. The zero-order valence-corrected chi connectivity index (χ0v) is 19.2. The Morgan fingerprint density at radius 1 is 0.800 bits per heavy atom. The van der Waals surface area contributed by atoms with Crippen LogP contribution in [0.5, 0.6) is 0 Å². The fourth-order valence-corrected chi connectivity index (χ4v) is 2.74. The molecule has 0 spiro atoms. The third-order valence-electron chi connectivity index (χ3n) is 4.70. The number of hydrogen-bond acceptors (Lipinski definition) is 3. The van der Waals surface area contributed by atoms with Crippen molar-refractivity contribution < 1.29 is 9.63 Å². The molecule has 0 aliphatic carbocycles. The molecule has 2 aromatic carbocycles. The monoisotopic (exact) mass is 403 g/mol. The molecule has 3 nitrogen and oxygen atoms in total. The maximum atomic E-state index is 11.9. The van der Waals surface area contributed by atoms with Crippen molar-refractivity contribution in [2.45, 2.75) is 59.3 Å². The minimum absolute atomic E-state index is 0.0631. The van der Waals surface area contributed by atoms with E-state index in [1.54, 1.807) is 6.08 Å². The van der Waals surface area contributed by atoms with E-state index < -0.39 is 5.97 Å². The van der Waals surface area contributed by atoms with Crippen LogP contribution in [0.3, 0.4) is 0 Å². The van der Waals surface area contributed by atoms with Gasteiger partial charge in [-0.25, -0.2) is 4.79 Å². The molecule has 0 unspecified atom stereocenters. The van der Waals surface area contributed by atoms with Gasteiger partial charge in [0.15, 0.2) is 0 Å². The van der Waals surface area contributed by atoms with Gasteiger partial charge in [0.1, 0.15) is 0 Å². The molecule has 0 bridgehead atoms. The lowest BCUT2D eigenvalue weighted by atomic mass is 9.79. The Bertz CT molecular complexity index is 920. The van der Waals surface area contributed by atoms with Crippen molar-refractivity contribution in [3.05, 3.63) is 82.9 Å². The third-order valence-corrected chi connectivity index (χ3v) is 4.70. The van der Waals surface area contributed by atoms with Crippen LogP contribution in [0.15, 0.2) is 65.8 Å². The van der Waals surface area contributed by atoms with E-state index >= 15 is 0 Å². The zero-order chi connectivity index (χ0) is 22.4. The molecule has 0 aromatic heterocycles. The Hall–Kier alpha value is -2.94. The van der Waals surface area contributed by atoms with Crippen LogP contribution in [0.25, 0.3) is 12.2 Å². The lowest BCUT2D eigenvalue weighted by molar-refractivity contribution is -0.137. The first kappa shape index (κ1) is 23.3. The van der Waals surface area contributed by atoms with Gasteiger partial charge < -0.3 is 4.84 Å². The van der Waals surface area contributed by atoms with E-state index in [2.05, 4.69) is 64.9 Å². The fraction of sp³-hybridized carbons (Fsp3) is 0.333. The number of nitrogens with zero attached hydrogens (tertiary/aromatic N) is 1. The van der Waals surface area contributed by atoms with Gasteiger partial charge in [0.25, 0.3) is 0 Å². The van der Waals surface area contributed by atoms with Crippen LogP contribution < -0.4 is 0 Å². The predicted octanol–water partition coefficient (Wildman–Crippen LogP) is 6.93. The van der Waals surface area contributed by atoms with Gasteiger partial charge in [0.05, 0.1) is 5.71 Å². The van der Waals surface area contributed by atoms with E-state index in [4.69, 9.17) is 4.84 Å². The van der Waals surface area contributed by atoms with Gasteiger partial charge in [0, 0.05) is 6.08 Å². The summed E-state index contributed by atoms with van der Waals surface area (Å²) in [6.07, 6.45) is 6.95. The van der Waals surface area contributed by atoms with E-state index in [1.165, 1.54) is 17.2 Å². The summed E-state index contributed by atoms with van der Waals surface area (Å²) >= 11 is 0. The maximum Gasteiger partial charge on any atom is 0.358 e. The molecule has 0 radical (unpaired) electrons. The molecular weight excluding hydrogens is 370 g/mol. The summed E-state index contributed by atoms with van der Waals surface area (Å²) in [5.41, 5.74) is 5.38. The smallest absolute Gasteiger partial charge is 0.313 e. The highest BCUT2D eigenvalue weighted by atomic mass is 16.7. The zero-order valence-electron chi connectivity index (χ0n) is 19.2. The molecule has 0 atom stereocenters. The van der Waals surface area contributed by atoms with Crippen molar-refractivity contribution in [3.8, 4) is 0 Å². The SMILES string of the molecule is CC(/C=C/c1cc(C(C)(C)C)cc(C(C)(C)C)c1)=N\OC(=O)/C=C/c1ccccc1. The number of benzene rings is 2. The van der Waals surface area contributed by atoms with Gasteiger partial charge in [-0.05, 0) is 52.2 Å². The van der Waals surface area contributed by atoms with Crippen LogP contribution >= 0.6 is 0 Å². The molecular formula is C27H33NO2. The van der Waals surface area contributed by atoms with Crippen molar-refractivity contribution in [2.24, 2.45) is 5.16 Å².